The Labute approximate surface area is 211 Å². The molecule has 1 aliphatic heterocycles. The zero-order chi connectivity index (χ0) is 25.5. The highest BCUT2D eigenvalue weighted by Gasteiger charge is 2.20. The van der Waals surface area contributed by atoms with E-state index in [0.717, 1.165) is 35.5 Å². The highest BCUT2D eigenvalue weighted by atomic mass is 16.5. The summed E-state index contributed by atoms with van der Waals surface area (Å²) in [6.45, 7) is 4.70. The highest BCUT2D eigenvalue weighted by Crippen LogP contribution is 2.24. The van der Waals surface area contributed by atoms with Crippen molar-refractivity contribution in [1.29, 1.82) is 0 Å². The van der Waals surface area contributed by atoms with Gasteiger partial charge in [-0.2, -0.15) is 0 Å². The van der Waals surface area contributed by atoms with Crippen LogP contribution in [-0.2, 0) is 22.4 Å². The largest absolute Gasteiger partial charge is 0.382 e. The molecule has 1 aliphatic rings. The number of anilines is 2. The molecule has 9 nitrogen and oxygen atoms in total. The van der Waals surface area contributed by atoms with E-state index in [-0.39, 0.29) is 35.5 Å². The molecule has 1 aromatic carbocycles. The summed E-state index contributed by atoms with van der Waals surface area (Å²) >= 11 is 0. The summed E-state index contributed by atoms with van der Waals surface area (Å²) in [5, 5.41) is 2.97. The first kappa shape index (κ1) is 25.4. The number of morpholine rings is 1. The van der Waals surface area contributed by atoms with Crippen molar-refractivity contribution in [3.05, 3.63) is 65.7 Å². The molecule has 0 saturated carbocycles. The number of ether oxygens (including phenoxy) is 1. The van der Waals surface area contributed by atoms with E-state index in [1.54, 1.807) is 25.6 Å². The Morgan fingerprint density at radius 2 is 1.89 bits per heavy atom. The number of likely N-dealkylation sites (N-methyl/N-ethyl adjacent to an activating group) is 1. The number of benzene rings is 1. The van der Waals surface area contributed by atoms with Gasteiger partial charge in [-0.15, -0.1) is 0 Å². The second-order valence-electron chi connectivity index (χ2n) is 8.87. The van der Waals surface area contributed by atoms with Crippen LogP contribution in [0, 0.1) is 0 Å². The third-order valence-electron chi connectivity index (χ3n) is 6.47. The molecule has 36 heavy (non-hydrogen) atoms. The number of hydrogen-bond donors (Lipinski definition) is 2. The maximum atomic E-state index is 13.2. The summed E-state index contributed by atoms with van der Waals surface area (Å²) in [5.74, 6) is 0.0759. The number of nitrogens with zero attached hydrogens (tertiary/aromatic N) is 4. The van der Waals surface area contributed by atoms with Gasteiger partial charge in [0.1, 0.15) is 11.5 Å². The Hall–Kier alpha value is -3.69. The lowest BCUT2D eigenvalue weighted by molar-refractivity contribution is -0.120. The molecule has 9 heteroatoms. The molecule has 0 radical (unpaired) electrons. The zero-order valence-electron chi connectivity index (χ0n) is 20.7. The Morgan fingerprint density at radius 1 is 1.14 bits per heavy atom. The standard InChI is InChI=1S/C27H32N6O3/c1-18(29-2)24(34)8-5-19-3-6-20(7-4-19)22-17-31-27(28)26(32-22)25(35)15-21-16-30-10-9-23(21)33-11-13-36-14-12-33/h3-4,6-7,9-10,16-18,29H,5,8,11-15H2,1-2H3,(H2,28,31)/t18-/m0/s1. The number of hydrogen-bond acceptors (Lipinski definition) is 9. The van der Waals surface area contributed by atoms with Crippen molar-refractivity contribution in [2.24, 2.45) is 0 Å². The number of aromatic nitrogens is 3. The fourth-order valence-corrected chi connectivity index (χ4v) is 4.16. The van der Waals surface area contributed by atoms with Crippen molar-refractivity contribution < 1.29 is 14.3 Å². The summed E-state index contributed by atoms with van der Waals surface area (Å²) in [7, 11) is 1.78. The normalized spacial score (nSPS) is 14.4. The number of aryl methyl sites for hydroxylation is 1. The predicted molar refractivity (Wildman–Crippen MR) is 139 cm³/mol. The molecule has 188 valence electrons. The van der Waals surface area contributed by atoms with E-state index >= 15 is 0 Å². The summed E-state index contributed by atoms with van der Waals surface area (Å²) < 4.78 is 5.45. The van der Waals surface area contributed by atoms with E-state index in [2.05, 4.69) is 25.2 Å². The van der Waals surface area contributed by atoms with Crippen LogP contribution < -0.4 is 16.0 Å². The third kappa shape index (κ3) is 6.10. The van der Waals surface area contributed by atoms with Crippen LogP contribution in [-0.4, -0.2) is 65.9 Å². The second-order valence-corrected chi connectivity index (χ2v) is 8.87. The third-order valence-corrected chi connectivity index (χ3v) is 6.47. The number of rotatable bonds is 10. The predicted octanol–water partition coefficient (Wildman–Crippen LogP) is 2.49. The van der Waals surface area contributed by atoms with Crippen molar-refractivity contribution in [3.63, 3.8) is 0 Å². The van der Waals surface area contributed by atoms with Crippen molar-refractivity contribution in [1.82, 2.24) is 20.3 Å². The van der Waals surface area contributed by atoms with Gasteiger partial charge < -0.3 is 20.7 Å². The van der Waals surface area contributed by atoms with Crippen molar-refractivity contribution in [3.8, 4) is 11.3 Å². The summed E-state index contributed by atoms with van der Waals surface area (Å²) in [5.41, 5.74) is 10.5. The fourth-order valence-electron chi connectivity index (χ4n) is 4.16. The lowest BCUT2D eigenvalue weighted by Gasteiger charge is -2.30. The van der Waals surface area contributed by atoms with Crippen LogP contribution in [0.4, 0.5) is 11.5 Å². The molecule has 1 fully saturated rings. The summed E-state index contributed by atoms with van der Waals surface area (Å²) in [4.78, 5) is 40.6. The monoisotopic (exact) mass is 488 g/mol. The van der Waals surface area contributed by atoms with Gasteiger partial charge in [-0.1, -0.05) is 24.3 Å². The Morgan fingerprint density at radius 3 is 2.61 bits per heavy atom. The van der Waals surface area contributed by atoms with Gasteiger partial charge in [0.15, 0.2) is 11.6 Å². The van der Waals surface area contributed by atoms with Crippen molar-refractivity contribution in [2.75, 3.05) is 44.0 Å². The van der Waals surface area contributed by atoms with E-state index < -0.39 is 0 Å². The minimum absolute atomic E-state index is 0.106. The number of carbonyl (C=O) groups excluding carboxylic acids is 2. The average molecular weight is 489 g/mol. The Kier molecular flexibility index (Phi) is 8.35. The first-order valence-corrected chi connectivity index (χ1v) is 12.2. The first-order chi connectivity index (χ1) is 17.5. The first-order valence-electron chi connectivity index (χ1n) is 12.2. The quantitative estimate of drug-likeness (QED) is 0.414. The van der Waals surface area contributed by atoms with E-state index in [9.17, 15) is 9.59 Å². The van der Waals surface area contributed by atoms with Crippen LogP contribution >= 0.6 is 0 Å². The molecular weight excluding hydrogens is 456 g/mol. The van der Waals surface area contributed by atoms with Crippen LogP contribution in [0.2, 0.25) is 0 Å². The number of Topliss-reactive ketones (excluding diaryl/α,β-unsaturated/α-hetero) is 2. The number of nitrogens with two attached hydrogens (primary N) is 1. The van der Waals surface area contributed by atoms with Crippen LogP contribution in [0.15, 0.2) is 48.9 Å². The van der Waals surface area contributed by atoms with Crippen LogP contribution in [0.1, 0.15) is 35.0 Å². The number of pyridine rings is 1. The summed E-state index contributed by atoms with van der Waals surface area (Å²) in [6, 6.07) is 9.56. The van der Waals surface area contributed by atoms with Crippen molar-refractivity contribution in [2.45, 2.75) is 32.2 Å². The highest BCUT2D eigenvalue weighted by molar-refractivity contribution is 6.00. The molecule has 3 heterocycles. The average Bonchev–Trinajstić information content (AvgIpc) is 2.92. The maximum absolute atomic E-state index is 13.2. The van der Waals surface area contributed by atoms with Gasteiger partial charge in [-0.05, 0) is 32.0 Å². The molecule has 0 aliphatic carbocycles. The number of nitrogen functional groups attached to an aromatic ring is 1. The molecule has 3 N–H and O–H groups in total. The molecule has 0 spiro atoms. The molecule has 3 aromatic rings. The smallest absolute Gasteiger partial charge is 0.189 e. The maximum Gasteiger partial charge on any atom is 0.189 e. The van der Waals surface area contributed by atoms with E-state index in [0.29, 0.717) is 31.7 Å². The molecule has 0 unspecified atom stereocenters. The minimum Gasteiger partial charge on any atom is -0.382 e. The molecule has 1 saturated heterocycles. The van der Waals surface area contributed by atoms with Gasteiger partial charge in [0, 0.05) is 55.1 Å². The Balaban J connectivity index is 1.48. The van der Waals surface area contributed by atoms with Crippen LogP contribution in [0.3, 0.4) is 0 Å². The lowest BCUT2D eigenvalue weighted by atomic mass is 10.0. The van der Waals surface area contributed by atoms with Gasteiger partial charge in [0.25, 0.3) is 0 Å². The number of ketones is 2. The molecular formula is C27H32N6O3. The molecule has 0 bridgehead atoms. The molecule has 1 atom stereocenters. The molecule has 2 aromatic heterocycles. The minimum atomic E-state index is -0.210. The van der Waals surface area contributed by atoms with Crippen LogP contribution in [0.25, 0.3) is 11.3 Å². The van der Waals surface area contributed by atoms with Crippen molar-refractivity contribution >= 4 is 23.1 Å². The van der Waals surface area contributed by atoms with Gasteiger partial charge in [-0.25, -0.2) is 9.97 Å². The van der Waals surface area contributed by atoms with Gasteiger partial charge in [0.2, 0.25) is 0 Å². The SMILES string of the molecule is CN[C@@H](C)C(=O)CCc1ccc(-c2cnc(N)c(C(=O)Cc3cnccc3N3CCOCC3)n2)cc1. The van der Waals surface area contributed by atoms with Gasteiger partial charge in [-0.3, -0.25) is 14.6 Å². The van der Waals surface area contributed by atoms with E-state index in [1.807, 2.05) is 37.3 Å². The zero-order valence-corrected chi connectivity index (χ0v) is 20.7. The number of carbonyl (C=O) groups is 2. The van der Waals surface area contributed by atoms with E-state index in [1.165, 1.54) is 0 Å². The molecule has 4 rings (SSSR count). The topological polar surface area (TPSA) is 123 Å². The second kappa shape index (κ2) is 11.8. The van der Waals surface area contributed by atoms with Gasteiger partial charge in [0.05, 0.1) is 31.1 Å². The van der Waals surface area contributed by atoms with E-state index in [4.69, 9.17) is 10.5 Å². The fraction of sp³-hybridized carbons (Fsp3) is 0.370. The van der Waals surface area contributed by atoms with Gasteiger partial charge >= 0.3 is 0 Å². The Bertz CT molecular complexity index is 1210. The summed E-state index contributed by atoms with van der Waals surface area (Å²) in [6.07, 6.45) is 6.29. The van der Waals surface area contributed by atoms with Crippen LogP contribution in [0.5, 0.6) is 0 Å². The number of nitrogens with one attached hydrogen (secondary N) is 1. The lowest BCUT2D eigenvalue weighted by Crippen LogP contribution is -2.37. The molecule has 0 amide bonds.